The SMILES string of the molecule is NC1CNc2nccn2C1. The number of rotatable bonds is 0. The van der Waals surface area contributed by atoms with Gasteiger partial charge in [0.15, 0.2) is 0 Å². The number of fused-ring (bicyclic) bond motifs is 1. The van der Waals surface area contributed by atoms with Crippen molar-refractivity contribution in [1.82, 2.24) is 9.55 Å². The second-order valence-electron chi connectivity index (χ2n) is 2.54. The zero-order valence-electron chi connectivity index (χ0n) is 5.62. The van der Waals surface area contributed by atoms with Crippen LogP contribution < -0.4 is 11.1 Å². The van der Waals surface area contributed by atoms with Crippen LogP contribution in [0.4, 0.5) is 5.95 Å². The number of hydrogen-bond acceptors (Lipinski definition) is 3. The second-order valence-corrected chi connectivity index (χ2v) is 2.54. The van der Waals surface area contributed by atoms with Crippen molar-refractivity contribution in [3.63, 3.8) is 0 Å². The van der Waals surface area contributed by atoms with Gasteiger partial charge in [0, 0.05) is 31.5 Å². The number of nitrogens with two attached hydrogens (primary N) is 1. The topological polar surface area (TPSA) is 55.9 Å². The lowest BCUT2D eigenvalue weighted by Gasteiger charge is -2.21. The van der Waals surface area contributed by atoms with Gasteiger partial charge in [0.1, 0.15) is 0 Å². The van der Waals surface area contributed by atoms with Crippen LogP contribution in [0.15, 0.2) is 12.4 Å². The molecule has 0 radical (unpaired) electrons. The Morgan fingerprint density at radius 2 is 2.70 bits per heavy atom. The molecule has 1 aromatic heterocycles. The number of imidazole rings is 1. The van der Waals surface area contributed by atoms with E-state index in [9.17, 15) is 0 Å². The van der Waals surface area contributed by atoms with Gasteiger partial charge in [0.05, 0.1) is 0 Å². The van der Waals surface area contributed by atoms with Gasteiger partial charge in [-0.1, -0.05) is 0 Å². The highest BCUT2D eigenvalue weighted by Gasteiger charge is 2.13. The normalized spacial score (nSPS) is 23.5. The number of anilines is 1. The van der Waals surface area contributed by atoms with Crippen molar-refractivity contribution < 1.29 is 0 Å². The van der Waals surface area contributed by atoms with E-state index in [2.05, 4.69) is 10.3 Å². The van der Waals surface area contributed by atoms with Crippen molar-refractivity contribution >= 4 is 5.95 Å². The van der Waals surface area contributed by atoms with Crippen molar-refractivity contribution in [1.29, 1.82) is 0 Å². The van der Waals surface area contributed by atoms with Gasteiger partial charge in [-0.2, -0.15) is 0 Å². The van der Waals surface area contributed by atoms with E-state index in [4.69, 9.17) is 5.73 Å². The van der Waals surface area contributed by atoms with E-state index < -0.39 is 0 Å². The molecule has 1 atom stereocenters. The highest BCUT2D eigenvalue weighted by molar-refractivity contribution is 5.28. The second kappa shape index (κ2) is 1.98. The maximum absolute atomic E-state index is 5.70. The van der Waals surface area contributed by atoms with E-state index in [-0.39, 0.29) is 6.04 Å². The van der Waals surface area contributed by atoms with E-state index in [0.717, 1.165) is 19.0 Å². The summed E-state index contributed by atoms with van der Waals surface area (Å²) in [6.07, 6.45) is 3.71. The monoisotopic (exact) mass is 138 g/mol. The molecule has 0 amide bonds. The van der Waals surface area contributed by atoms with Crippen LogP contribution in [0, 0.1) is 0 Å². The highest BCUT2D eigenvalue weighted by atomic mass is 15.2. The molecule has 1 aliphatic heterocycles. The summed E-state index contributed by atoms with van der Waals surface area (Å²) in [5, 5.41) is 3.12. The Hall–Kier alpha value is -1.03. The molecule has 2 heterocycles. The molecule has 3 N–H and O–H groups in total. The van der Waals surface area contributed by atoms with Crippen molar-refractivity contribution in [2.45, 2.75) is 12.6 Å². The third-order valence-electron chi connectivity index (χ3n) is 1.67. The Bertz CT molecular complexity index is 229. The molecule has 1 aromatic rings. The van der Waals surface area contributed by atoms with Gasteiger partial charge in [0.2, 0.25) is 5.95 Å². The van der Waals surface area contributed by atoms with Crippen LogP contribution in [-0.2, 0) is 6.54 Å². The van der Waals surface area contributed by atoms with Crippen LogP contribution in [0.5, 0.6) is 0 Å². The van der Waals surface area contributed by atoms with Gasteiger partial charge in [-0.3, -0.25) is 0 Å². The molecule has 0 saturated carbocycles. The molecule has 0 saturated heterocycles. The zero-order chi connectivity index (χ0) is 6.97. The Balaban J connectivity index is 2.30. The molecule has 54 valence electrons. The number of hydrogen-bond donors (Lipinski definition) is 2. The first-order valence-corrected chi connectivity index (χ1v) is 3.37. The lowest BCUT2D eigenvalue weighted by molar-refractivity contribution is 0.542. The summed E-state index contributed by atoms with van der Waals surface area (Å²) in [4.78, 5) is 4.09. The Labute approximate surface area is 59.0 Å². The van der Waals surface area contributed by atoms with Gasteiger partial charge >= 0.3 is 0 Å². The van der Waals surface area contributed by atoms with Gasteiger partial charge < -0.3 is 15.6 Å². The van der Waals surface area contributed by atoms with Crippen LogP contribution in [0.3, 0.4) is 0 Å². The molecule has 10 heavy (non-hydrogen) atoms. The summed E-state index contributed by atoms with van der Waals surface area (Å²) in [5.74, 6) is 0.932. The first kappa shape index (κ1) is 5.73. The smallest absolute Gasteiger partial charge is 0.202 e. The molecular formula is C6H10N4. The predicted molar refractivity (Wildman–Crippen MR) is 38.7 cm³/mol. The molecular weight excluding hydrogens is 128 g/mol. The molecule has 0 spiro atoms. The Morgan fingerprint density at radius 1 is 1.80 bits per heavy atom. The maximum Gasteiger partial charge on any atom is 0.202 e. The fourth-order valence-corrected chi connectivity index (χ4v) is 1.16. The van der Waals surface area contributed by atoms with Crippen molar-refractivity contribution in [2.75, 3.05) is 11.9 Å². The van der Waals surface area contributed by atoms with Gasteiger partial charge in [-0.15, -0.1) is 0 Å². The minimum Gasteiger partial charge on any atom is -0.354 e. The van der Waals surface area contributed by atoms with Crippen LogP contribution >= 0.6 is 0 Å². The predicted octanol–water partition coefficient (Wildman–Crippen LogP) is -0.364. The van der Waals surface area contributed by atoms with Crippen LogP contribution in [0.1, 0.15) is 0 Å². The third kappa shape index (κ3) is 0.769. The molecule has 0 fully saturated rings. The van der Waals surface area contributed by atoms with E-state index in [1.54, 1.807) is 6.20 Å². The van der Waals surface area contributed by atoms with E-state index >= 15 is 0 Å². The zero-order valence-corrected chi connectivity index (χ0v) is 5.62. The highest BCUT2D eigenvalue weighted by Crippen LogP contribution is 2.08. The Morgan fingerprint density at radius 3 is 3.60 bits per heavy atom. The number of nitrogens with zero attached hydrogens (tertiary/aromatic N) is 2. The lowest BCUT2D eigenvalue weighted by Crippen LogP contribution is -2.38. The number of nitrogens with one attached hydrogen (secondary N) is 1. The quantitative estimate of drug-likeness (QED) is 0.514. The van der Waals surface area contributed by atoms with E-state index in [0.29, 0.717) is 0 Å². The van der Waals surface area contributed by atoms with E-state index in [1.165, 1.54) is 0 Å². The minimum absolute atomic E-state index is 0.224. The standard InChI is InChI=1S/C6H10N4/c7-5-3-9-6-8-1-2-10(6)4-5/h1-2,5H,3-4,7H2,(H,8,9). The van der Waals surface area contributed by atoms with Gasteiger partial charge in [0.25, 0.3) is 0 Å². The summed E-state index contributed by atoms with van der Waals surface area (Å²) >= 11 is 0. The molecule has 0 bridgehead atoms. The van der Waals surface area contributed by atoms with Gasteiger partial charge in [-0.05, 0) is 0 Å². The molecule has 4 heteroatoms. The minimum atomic E-state index is 0.224. The molecule has 0 aliphatic carbocycles. The fourth-order valence-electron chi connectivity index (χ4n) is 1.16. The lowest BCUT2D eigenvalue weighted by atomic mass is 10.3. The van der Waals surface area contributed by atoms with Crippen LogP contribution in [0.25, 0.3) is 0 Å². The summed E-state index contributed by atoms with van der Waals surface area (Å²) in [7, 11) is 0. The van der Waals surface area contributed by atoms with Crippen molar-refractivity contribution in [2.24, 2.45) is 5.73 Å². The van der Waals surface area contributed by atoms with E-state index in [1.807, 2.05) is 10.8 Å². The van der Waals surface area contributed by atoms with Gasteiger partial charge in [-0.25, -0.2) is 4.98 Å². The summed E-state index contributed by atoms with van der Waals surface area (Å²) in [6, 6.07) is 0.224. The number of aromatic nitrogens is 2. The first-order valence-electron chi connectivity index (χ1n) is 3.37. The average Bonchev–Trinajstić information content (AvgIpc) is 2.33. The first-order chi connectivity index (χ1) is 4.86. The molecule has 4 nitrogen and oxygen atoms in total. The largest absolute Gasteiger partial charge is 0.354 e. The molecule has 1 unspecified atom stereocenters. The van der Waals surface area contributed by atoms with Crippen LogP contribution in [0.2, 0.25) is 0 Å². The van der Waals surface area contributed by atoms with Crippen LogP contribution in [-0.4, -0.2) is 22.1 Å². The summed E-state index contributed by atoms with van der Waals surface area (Å²) in [6.45, 7) is 1.71. The molecule has 1 aliphatic rings. The Kier molecular flexibility index (Phi) is 1.14. The third-order valence-corrected chi connectivity index (χ3v) is 1.67. The molecule has 0 aromatic carbocycles. The molecule has 2 rings (SSSR count). The summed E-state index contributed by atoms with van der Waals surface area (Å²) in [5.41, 5.74) is 5.70. The maximum atomic E-state index is 5.70. The van der Waals surface area contributed by atoms with Crippen molar-refractivity contribution in [3.8, 4) is 0 Å². The summed E-state index contributed by atoms with van der Waals surface area (Å²) < 4.78 is 2.02. The fraction of sp³-hybridized carbons (Fsp3) is 0.500. The van der Waals surface area contributed by atoms with Crippen molar-refractivity contribution in [3.05, 3.63) is 12.4 Å². The average molecular weight is 138 g/mol.